The van der Waals surface area contributed by atoms with E-state index in [-0.39, 0.29) is 28.4 Å². The normalized spacial score (nSPS) is 22.0. The average Bonchev–Trinajstić information content (AvgIpc) is 3.22. The van der Waals surface area contributed by atoms with Crippen LogP contribution in [0.3, 0.4) is 0 Å². The summed E-state index contributed by atoms with van der Waals surface area (Å²) < 4.78 is 44.9. The Hall–Kier alpha value is -5.66. The van der Waals surface area contributed by atoms with Crippen molar-refractivity contribution in [3.63, 3.8) is 0 Å². The molecule has 10 rings (SSSR count). The summed E-state index contributed by atoms with van der Waals surface area (Å²) in [5.41, 5.74) is 5.00. The Morgan fingerprint density at radius 2 is 0.860 bits per heavy atom. The molecule has 6 aromatic carbocycles. The van der Waals surface area contributed by atoms with Crippen LogP contribution in [0.15, 0.2) is 155 Å². The number of carbonyl (C=O) groups excluding carboxylic acids is 1. The third-order valence-electron chi connectivity index (χ3n) is 12.5. The van der Waals surface area contributed by atoms with Crippen LogP contribution in [-0.4, -0.2) is 21.3 Å². The van der Waals surface area contributed by atoms with Crippen LogP contribution in [0.4, 0.5) is 0 Å². The molecule has 6 aromatic rings. The van der Waals surface area contributed by atoms with Gasteiger partial charge in [0.2, 0.25) is 9.84 Å². The molecule has 4 aliphatic carbocycles. The van der Waals surface area contributed by atoms with Crippen molar-refractivity contribution in [2.75, 3.05) is 7.11 Å². The highest BCUT2D eigenvalue weighted by Gasteiger charge is 2.58. The van der Waals surface area contributed by atoms with Crippen LogP contribution in [0.2, 0.25) is 0 Å². The zero-order valence-corrected chi connectivity index (χ0v) is 32.4. The molecule has 0 unspecified atom stereocenters. The first-order valence-electron chi connectivity index (χ1n) is 19.5. The van der Waals surface area contributed by atoms with Gasteiger partial charge in [-0.1, -0.05) is 61.5 Å². The fourth-order valence-electron chi connectivity index (χ4n) is 10.0. The number of methoxy groups -OCH3 is 1. The van der Waals surface area contributed by atoms with Crippen molar-refractivity contribution in [2.45, 2.75) is 61.7 Å². The Morgan fingerprint density at radius 1 is 0.509 bits per heavy atom. The van der Waals surface area contributed by atoms with Gasteiger partial charge in [-0.3, -0.25) is 4.79 Å². The fourth-order valence-corrected chi connectivity index (χ4v) is 11.3. The molecular formula is C50H48O6S. The number of hydrogen-bond acceptors (Lipinski definition) is 6. The molecule has 0 N–H and O–H groups in total. The van der Waals surface area contributed by atoms with Gasteiger partial charge in [-0.25, -0.2) is 8.42 Å². The molecular weight excluding hydrogens is 729 g/mol. The lowest BCUT2D eigenvalue weighted by Gasteiger charge is -2.62. The van der Waals surface area contributed by atoms with Crippen molar-refractivity contribution in [1.82, 2.24) is 0 Å². The molecule has 0 heterocycles. The number of sulfone groups is 1. The van der Waals surface area contributed by atoms with E-state index in [1.54, 1.807) is 67.8 Å². The lowest BCUT2D eigenvalue weighted by Crippen LogP contribution is -2.56. The maximum absolute atomic E-state index is 13.6. The van der Waals surface area contributed by atoms with Gasteiger partial charge in [0, 0.05) is 16.5 Å². The molecule has 7 heteroatoms. The summed E-state index contributed by atoms with van der Waals surface area (Å²) in [5, 5.41) is 0. The molecule has 0 aromatic heterocycles. The number of hydrogen-bond donors (Lipinski definition) is 0. The van der Waals surface area contributed by atoms with Crippen molar-refractivity contribution in [2.24, 2.45) is 23.7 Å². The molecule has 0 atom stereocenters. The topological polar surface area (TPSA) is 78.9 Å². The van der Waals surface area contributed by atoms with Gasteiger partial charge in [0.1, 0.15) is 28.7 Å². The molecule has 4 fully saturated rings. The number of carbonyl (C=O) groups is 1. The second-order valence-corrected chi connectivity index (χ2v) is 17.7. The second-order valence-electron chi connectivity index (χ2n) is 15.8. The van der Waals surface area contributed by atoms with E-state index in [9.17, 15) is 13.2 Å². The van der Waals surface area contributed by atoms with E-state index in [4.69, 9.17) is 14.2 Å². The molecule has 4 aliphatic rings. The Kier molecular flexibility index (Phi) is 10.3. The van der Waals surface area contributed by atoms with Gasteiger partial charge >= 0.3 is 0 Å². The second kappa shape index (κ2) is 15.4. The molecule has 0 saturated heterocycles. The number of benzene rings is 6. The summed E-state index contributed by atoms with van der Waals surface area (Å²) in [4.78, 5) is 13.2. The smallest absolute Gasteiger partial charge is 0.206 e. The first-order valence-corrected chi connectivity index (χ1v) is 20.9. The molecule has 57 heavy (non-hydrogen) atoms. The zero-order valence-electron chi connectivity index (χ0n) is 31.6. The highest BCUT2D eigenvalue weighted by molar-refractivity contribution is 7.91. The highest BCUT2D eigenvalue weighted by atomic mass is 32.2. The van der Waals surface area contributed by atoms with Crippen LogP contribution in [0, 0.1) is 30.6 Å². The van der Waals surface area contributed by atoms with Crippen LogP contribution in [0.25, 0.3) is 0 Å². The van der Waals surface area contributed by atoms with E-state index in [2.05, 4.69) is 48.5 Å². The molecule has 4 saturated carbocycles. The lowest BCUT2D eigenvalue weighted by molar-refractivity contribution is -0.0418. The maximum Gasteiger partial charge on any atom is 0.206 e. The van der Waals surface area contributed by atoms with Crippen molar-refractivity contribution in [3.05, 3.63) is 173 Å². The summed E-state index contributed by atoms with van der Waals surface area (Å²) in [6.07, 6.45) is 6.56. The first kappa shape index (κ1) is 38.2. The van der Waals surface area contributed by atoms with E-state index in [1.165, 1.54) is 55.4 Å². The number of aryl methyl sites for hydroxylation is 1. The van der Waals surface area contributed by atoms with E-state index < -0.39 is 9.84 Å². The van der Waals surface area contributed by atoms with Crippen LogP contribution in [0.5, 0.6) is 28.7 Å². The number of ketones is 1. The van der Waals surface area contributed by atoms with Gasteiger partial charge < -0.3 is 14.2 Å². The Bertz CT molecular complexity index is 2420. The van der Waals surface area contributed by atoms with E-state index >= 15 is 0 Å². The monoisotopic (exact) mass is 776 g/mol. The summed E-state index contributed by atoms with van der Waals surface area (Å²) in [6, 6.07) is 44.6. The Labute approximate surface area is 336 Å². The minimum Gasteiger partial charge on any atom is -0.497 e. The summed E-state index contributed by atoms with van der Waals surface area (Å²) in [7, 11) is -2.07. The molecule has 0 radical (unpaired) electrons. The van der Waals surface area contributed by atoms with Gasteiger partial charge in [0.05, 0.1) is 16.9 Å². The van der Waals surface area contributed by atoms with Crippen molar-refractivity contribution in [3.8, 4) is 28.7 Å². The van der Waals surface area contributed by atoms with Crippen molar-refractivity contribution >= 4 is 15.6 Å². The largest absolute Gasteiger partial charge is 0.497 e. The highest BCUT2D eigenvalue weighted by Crippen LogP contribution is 2.65. The van der Waals surface area contributed by atoms with E-state index in [0.29, 0.717) is 46.0 Å². The number of rotatable bonds is 11. The standard InChI is InChI=1S/C49H44O6S.CH4/c1-32-3-5-35(6-4-32)48(50)36-7-13-42(14-8-36)54-44-19-23-46(24-20-44)56(51,52)47-25-21-45(22-26-47)55-43-17-11-38(12-18-43)49(37-9-15-41(53-2)16-10-37)39-28-33-27-34(30-39)31-40(49)29-33;/h3-26,33-34,39-40H,27-31H2,1-2H3;1H4. The van der Waals surface area contributed by atoms with Crippen molar-refractivity contribution in [1.29, 1.82) is 0 Å². The fraction of sp³-hybridized carbons (Fsp3) is 0.260. The van der Waals surface area contributed by atoms with Gasteiger partial charge in [0.15, 0.2) is 5.78 Å². The third kappa shape index (κ3) is 7.14. The first-order chi connectivity index (χ1) is 27.2. The minimum atomic E-state index is -3.78. The van der Waals surface area contributed by atoms with Gasteiger partial charge in [-0.15, -0.1) is 0 Å². The maximum atomic E-state index is 13.6. The van der Waals surface area contributed by atoms with Gasteiger partial charge in [-0.2, -0.15) is 0 Å². The summed E-state index contributed by atoms with van der Waals surface area (Å²) >= 11 is 0. The molecule has 0 aliphatic heterocycles. The minimum absolute atomic E-state index is 0. The zero-order chi connectivity index (χ0) is 38.4. The Balaban J connectivity index is 0.00000455. The third-order valence-corrected chi connectivity index (χ3v) is 14.3. The van der Waals surface area contributed by atoms with Crippen LogP contribution < -0.4 is 14.2 Å². The quantitative estimate of drug-likeness (QED) is 0.122. The SMILES string of the molecule is C.COc1ccc(C2(c3ccc(Oc4ccc(S(=O)(=O)c5ccc(Oc6ccc(C(=O)c7ccc(C)cc7)cc6)cc5)cc4)cc3)C3CC4CC(C3)CC2C4)cc1. The predicted molar refractivity (Wildman–Crippen MR) is 224 cm³/mol. The van der Waals surface area contributed by atoms with E-state index in [0.717, 1.165) is 23.1 Å². The molecule has 0 spiro atoms. The lowest BCUT2D eigenvalue weighted by atomic mass is 9.42. The van der Waals surface area contributed by atoms with Crippen LogP contribution in [-0.2, 0) is 15.3 Å². The predicted octanol–water partition coefficient (Wildman–Crippen LogP) is 12.0. The van der Waals surface area contributed by atoms with Crippen LogP contribution >= 0.6 is 0 Å². The average molecular weight is 777 g/mol. The Morgan fingerprint density at radius 3 is 1.26 bits per heavy atom. The van der Waals surface area contributed by atoms with Gasteiger partial charge in [-0.05, 0) is 171 Å². The molecule has 4 bridgehead atoms. The summed E-state index contributed by atoms with van der Waals surface area (Å²) in [6.45, 7) is 1.98. The van der Waals surface area contributed by atoms with Crippen LogP contribution in [0.1, 0.15) is 72.1 Å². The molecule has 290 valence electrons. The van der Waals surface area contributed by atoms with Gasteiger partial charge in [0.25, 0.3) is 0 Å². The van der Waals surface area contributed by atoms with Crippen molar-refractivity contribution < 1.29 is 27.4 Å². The molecule has 0 amide bonds. The van der Waals surface area contributed by atoms with E-state index in [1.807, 2.05) is 31.2 Å². The summed E-state index contributed by atoms with van der Waals surface area (Å²) in [5.74, 6) is 6.06. The number of ether oxygens (including phenoxy) is 3. The molecule has 6 nitrogen and oxygen atoms in total.